The van der Waals surface area contributed by atoms with E-state index in [1.807, 2.05) is 13.8 Å². The summed E-state index contributed by atoms with van der Waals surface area (Å²) >= 11 is 5.88. The minimum atomic E-state index is -3.95. The number of carbonyl (C=O) groups excluding carboxylic acids is 2. The average Bonchev–Trinajstić information content (AvgIpc) is 2.78. The first-order chi connectivity index (χ1) is 16.5. The Labute approximate surface area is 214 Å². The molecule has 3 N–H and O–H groups in total. The number of amides is 2. The summed E-state index contributed by atoms with van der Waals surface area (Å²) in [4.78, 5) is 26.6. The van der Waals surface area contributed by atoms with Crippen molar-refractivity contribution in [2.45, 2.75) is 89.0 Å². The summed E-state index contributed by atoms with van der Waals surface area (Å²) in [6.07, 6.45) is 9.07. The molecule has 1 aliphatic carbocycles. The van der Waals surface area contributed by atoms with E-state index in [1.165, 1.54) is 37.0 Å². The fraction of sp³-hybridized carbons (Fsp3) is 0.680. The van der Waals surface area contributed by atoms with E-state index in [9.17, 15) is 22.4 Å². The maximum absolute atomic E-state index is 13.3. The number of nitrogens with two attached hydrogens (primary N) is 1. The number of benzene rings is 1. The largest absolute Gasteiger partial charge is 0.368 e. The van der Waals surface area contributed by atoms with Crippen molar-refractivity contribution in [2.75, 3.05) is 13.1 Å². The number of hydrogen-bond donors (Lipinski definition) is 2. The number of nitrogens with one attached hydrogen (secondary N) is 1. The Kier molecular flexibility index (Phi) is 11.9. The molecule has 0 radical (unpaired) electrons. The van der Waals surface area contributed by atoms with Crippen molar-refractivity contribution in [3.05, 3.63) is 29.0 Å². The van der Waals surface area contributed by atoms with Crippen molar-refractivity contribution in [3.63, 3.8) is 0 Å². The van der Waals surface area contributed by atoms with Crippen LogP contribution in [0.2, 0.25) is 5.02 Å². The van der Waals surface area contributed by atoms with Gasteiger partial charge in [-0.1, -0.05) is 57.6 Å². The van der Waals surface area contributed by atoms with E-state index in [-0.39, 0.29) is 41.3 Å². The highest BCUT2D eigenvalue weighted by molar-refractivity contribution is 7.89. The second-order valence-electron chi connectivity index (χ2n) is 9.86. The molecule has 0 aliphatic heterocycles. The topological polar surface area (TPSA) is 110 Å². The zero-order valence-electron chi connectivity index (χ0n) is 20.8. The van der Waals surface area contributed by atoms with Gasteiger partial charge >= 0.3 is 0 Å². The van der Waals surface area contributed by atoms with Crippen molar-refractivity contribution in [1.29, 1.82) is 0 Å². The van der Waals surface area contributed by atoms with Gasteiger partial charge < -0.3 is 10.6 Å². The molecule has 0 saturated heterocycles. The van der Waals surface area contributed by atoms with Crippen LogP contribution < -0.4 is 10.5 Å². The first kappa shape index (κ1) is 29.5. The van der Waals surface area contributed by atoms with Gasteiger partial charge in [-0.15, -0.1) is 0 Å². The molecule has 0 heterocycles. The van der Waals surface area contributed by atoms with Crippen molar-refractivity contribution in [1.82, 2.24) is 9.62 Å². The Morgan fingerprint density at radius 1 is 1.20 bits per heavy atom. The quantitative estimate of drug-likeness (QED) is 0.341. The molecular weight excluding hydrogens is 493 g/mol. The second-order valence-corrected chi connectivity index (χ2v) is 12.0. The SMILES string of the molecule is CC(C)C[C@@H](C(N)=O)N(CCCNS(=O)(=O)c1ccc(F)cc1Cl)C(=O)CCCC1CCCCC1. The highest BCUT2D eigenvalue weighted by Gasteiger charge is 2.29. The molecule has 7 nitrogen and oxygen atoms in total. The van der Waals surface area contributed by atoms with Gasteiger partial charge in [0.05, 0.1) is 5.02 Å². The van der Waals surface area contributed by atoms with Gasteiger partial charge in [0.2, 0.25) is 21.8 Å². The number of primary amides is 1. The summed E-state index contributed by atoms with van der Waals surface area (Å²) in [5, 5.41) is -0.210. The Balaban J connectivity index is 1.98. The number of rotatable bonds is 14. The lowest BCUT2D eigenvalue weighted by atomic mass is 9.86. The van der Waals surface area contributed by atoms with Crippen molar-refractivity contribution < 1.29 is 22.4 Å². The monoisotopic (exact) mass is 531 g/mol. The molecule has 1 fully saturated rings. The van der Waals surface area contributed by atoms with Crippen LogP contribution in [-0.2, 0) is 19.6 Å². The molecule has 1 atom stereocenters. The van der Waals surface area contributed by atoms with Crippen LogP contribution in [0.4, 0.5) is 4.39 Å². The summed E-state index contributed by atoms with van der Waals surface area (Å²) < 4.78 is 40.8. The third-order valence-electron chi connectivity index (χ3n) is 6.50. The van der Waals surface area contributed by atoms with Gasteiger partial charge in [-0.05, 0) is 55.7 Å². The average molecular weight is 532 g/mol. The van der Waals surface area contributed by atoms with Crippen molar-refractivity contribution >= 4 is 33.4 Å². The smallest absolute Gasteiger partial charge is 0.242 e. The van der Waals surface area contributed by atoms with E-state index in [2.05, 4.69) is 4.72 Å². The summed E-state index contributed by atoms with van der Waals surface area (Å²) in [6, 6.07) is 2.33. The molecule has 1 aromatic rings. The number of nitrogens with zero attached hydrogens (tertiary/aromatic N) is 1. The fourth-order valence-electron chi connectivity index (χ4n) is 4.69. The molecule has 0 aromatic heterocycles. The van der Waals surface area contributed by atoms with Gasteiger partial charge in [-0.2, -0.15) is 0 Å². The maximum Gasteiger partial charge on any atom is 0.242 e. The molecule has 2 amide bonds. The van der Waals surface area contributed by atoms with Crippen LogP contribution in [-0.4, -0.2) is 44.3 Å². The number of hydrogen-bond acceptors (Lipinski definition) is 4. The first-order valence-electron chi connectivity index (χ1n) is 12.5. The van der Waals surface area contributed by atoms with Gasteiger partial charge in [-0.3, -0.25) is 9.59 Å². The van der Waals surface area contributed by atoms with Crippen LogP contribution in [0.3, 0.4) is 0 Å². The van der Waals surface area contributed by atoms with E-state index in [4.69, 9.17) is 17.3 Å². The normalized spacial score (nSPS) is 15.8. The standard InChI is InChI=1S/C25H39ClFN3O4S/c1-18(2)16-22(25(28)32)30(24(31)11-6-10-19-8-4-3-5-9-19)15-7-14-29-35(33,34)23-13-12-20(27)17-21(23)26/h12-13,17-19,22,29H,3-11,14-16H2,1-2H3,(H2,28,32)/t22-/m0/s1. The lowest BCUT2D eigenvalue weighted by molar-refractivity contribution is -0.140. The second kappa shape index (κ2) is 14.1. The van der Waals surface area contributed by atoms with Crippen LogP contribution in [0.25, 0.3) is 0 Å². The Bertz CT molecular complexity index is 952. The fourth-order valence-corrected chi connectivity index (χ4v) is 6.29. The summed E-state index contributed by atoms with van der Waals surface area (Å²) in [5.41, 5.74) is 5.66. The molecule has 0 unspecified atom stereocenters. The Hall–Kier alpha value is -1.71. The number of sulfonamides is 1. The zero-order chi connectivity index (χ0) is 26.0. The molecule has 1 aliphatic rings. The molecular formula is C25H39ClFN3O4S. The maximum atomic E-state index is 13.3. The zero-order valence-corrected chi connectivity index (χ0v) is 22.3. The first-order valence-corrected chi connectivity index (χ1v) is 14.4. The summed E-state index contributed by atoms with van der Waals surface area (Å²) in [5.74, 6) is -0.494. The van der Waals surface area contributed by atoms with Crippen LogP contribution in [0.5, 0.6) is 0 Å². The summed E-state index contributed by atoms with van der Waals surface area (Å²) in [6.45, 7) is 4.14. The van der Waals surface area contributed by atoms with E-state index in [1.54, 1.807) is 0 Å². The van der Waals surface area contributed by atoms with Crippen LogP contribution in [0, 0.1) is 17.7 Å². The molecule has 0 bridgehead atoms. The van der Waals surface area contributed by atoms with Crippen LogP contribution in [0.15, 0.2) is 23.1 Å². The van der Waals surface area contributed by atoms with Gasteiger partial charge in [0, 0.05) is 19.5 Å². The lowest BCUT2D eigenvalue weighted by Crippen LogP contribution is -2.49. The van der Waals surface area contributed by atoms with Crippen molar-refractivity contribution in [3.8, 4) is 0 Å². The third kappa shape index (κ3) is 9.69. The lowest BCUT2D eigenvalue weighted by Gasteiger charge is -2.31. The van der Waals surface area contributed by atoms with Crippen LogP contribution in [0.1, 0.15) is 78.1 Å². The molecule has 2 rings (SSSR count). The highest BCUT2D eigenvalue weighted by Crippen LogP contribution is 2.28. The number of halogens is 2. The molecule has 1 aromatic carbocycles. The third-order valence-corrected chi connectivity index (χ3v) is 8.44. The van der Waals surface area contributed by atoms with Crippen molar-refractivity contribution in [2.24, 2.45) is 17.6 Å². The van der Waals surface area contributed by atoms with Gasteiger partial charge in [0.1, 0.15) is 16.8 Å². The Morgan fingerprint density at radius 2 is 1.89 bits per heavy atom. The number of carbonyl (C=O) groups is 2. The minimum Gasteiger partial charge on any atom is -0.368 e. The molecule has 1 saturated carbocycles. The Morgan fingerprint density at radius 3 is 2.49 bits per heavy atom. The van der Waals surface area contributed by atoms with E-state index in [0.717, 1.165) is 31.0 Å². The summed E-state index contributed by atoms with van der Waals surface area (Å²) in [7, 11) is -3.95. The van der Waals surface area contributed by atoms with Gasteiger partial charge in [0.15, 0.2) is 0 Å². The van der Waals surface area contributed by atoms with Gasteiger partial charge in [-0.25, -0.2) is 17.5 Å². The predicted octanol–water partition coefficient (Wildman–Crippen LogP) is 4.63. The molecule has 10 heteroatoms. The van der Waals surface area contributed by atoms with E-state index in [0.29, 0.717) is 18.8 Å². The minimum absolute atomic E-state index is 0.0229. The predicted molar refractivity (Wildman–Crippen MR) is 136 cm³/mol. The molecule has 198 valence electrons. The highest BCUT2D eigenvalue weighted by atomic mass is 35.5. The van der Waals surface area contributed by atoms with Crippen LogP contribution >= 0.6 is 11.6 Å². The molecule has 35 heavy (non-hydrogen) atoms. The van der Waals surface area contributed by atoms with Gasteiger partial charge in [0.25, 0.3) is 0 Å². The van der Waals surface area contributed by atoms with E-state index < -0.39 is 27.8 Å². The molecule has 0 spiro atoms. The van der Waals surface area contributed by atoms with E-state index >= 15 is 0 Å².